The summed E-state index contributed by atoms with van der Waals surface area (Å²) in [7, 11) is 0. The fourth-order valence-electron chi connectivity index (χ4n) is 2.92. The van der Waals surface area contributed by atoms with Crippen LogP contribution in [0.1, 0.15) is 5.76 Å². The van der Waals surface area contributed by atoms with E-state index in [0.29, 0.717) is 11.4 Å². The molecule has 27 heavy (non-hydrogen) atoms. The molecule has 0 fully saturated rings. The molecule has 4 aromatic rings. The van der Waals surface area contributed by atoms with E-state index in [4.69, 9.17) is 4.42 Å². The summed E-state index contributed by atoms with van der Waals surface area (Å²) < 4.78 is 5.15. The smallest absolute Gasteiger partial charge is 0.313 e. The number of furan rings is 1. The number of H-pyrrole nitrogens is 1. The maximum absolute atomic E-state index is 12.4. The van der Waals surface area contributed by atoms with Crippen LogP contribution >= 0.6 is 0 Å². The molecule has 0 radical (unpaired) electrons. The number of aromatic amines is 1. The van der Waals surface area contributed by atoms with E-state index in [-0.39, 0.29) is 6.54 Å². The van der Waals surface area contributed by atoms with Gasteiger partial charge in [0, 0.05) is 16.5 Å². The van der Waals surface area contributed by atoms with Crippen LogP contribution in [0.3, 0.4) is 0 Å². The summed E-state index contributed by atoms with van der Waals surface area (Å²) in [5.41, 5.74) is 3.13. The minimum absolute atomic E-state index is 0.151. The number of para-hydroxylation sites is 1. The van der Waals surface area contributed by atoms with Crippen molar-refractivity contribution in [3.05, 3.63) is 78.8 Å². The first-order valence-electron chi connectivity index (χ1n) is 8.50. The fourth-order valence-corrected chi connectivity index (χ4v) is 2.92. The van der Waals surface area contributed by atoms with Gasteiger partial charge in [-0.05, 0) is 18.2 Å². The lowest BCUT2D eigenvalue weighted by molar-refractivity contribution is -0.136. The number of carbonyl (C=O) groups excluding carboxylic acids is 2. The molecule has 2 aromatic carbocycles. The second-order valence-corrected chi connectivity index (χ2v) is 6.00. The first kappa shape index (κ1) is 16.7. The predicted octanol–water partition coefficient (Wildman–Crippen LogP) is 3.68. The normalized spacial score (nSPS) is 10.7. The van der Waals surface area contributed by atoms with Crippen molar-refractivity contribution in [2.24, 2.45) is 0 Å². The quantitative estimate of drug-likeness (QED) is 0.486. The highest BCUT2D eigenvalue weighted by atomic mass is 16.3. The van der Waals surface area contributed by atoms with Gasteiger partial charge in [0.25, 0.3) is 0 Å². The molecule has 2 aromatic heterocycles. The van der Waals surface area contributed by atoms with Crippen LogP contribution in [0.4, 0.5) is 5.69 Å². The minimum atomic E-state index is -0.733. The van der Waals surface area contributed by atoms with E-state index >= 15 is 0 Å². The monoisotopic (exact) mass is 359 g/mol. The van der Waals surface area contributed by atoms with Crippen molar-refractivity contribution < 1.29 is 14.0 Å². The molecule has 0 atom stereocenters. The van der Waals surface area contributed by atoms with Gasteiger partial charge in [0.05, 0.1) is 24.2 Å². The van der Waals surface area contributed by atoms with Crippen LogP contribution in [0.25, 0.3) is 22.2 Å². The zero-order valence-corrected chi connectivity index (χ0v) is 14.4. The van der Waals surface area contributed by atoms with Crippen molar-refractivity contribution in [1.29, 1.82) is 0 Å². The first-order chi connectivity index (χ1) is 13.2. The Hall–Kier alpha value is -3.80. The van der Waals surface area contributed by atoms with Gasteiger partial charge in [-0.25, -0.2) is 0 Å². The molecule has 2 amide bonds. The number of aromatic nitrogens is 1. The number of carbonyl (C=O) groups is 2. The minimum Gasteiger partial charge on any atom is -0.467 e. The largest absolute Gasteiger partial charge is 0.467 e. The number of benzene rings is 2. The lowest BCUT2D eigenvalue weighted by atomic mass is 10.1. The molecule has 6 nitrogen and oxygen atoms in total. The lowest BCUT2D eigenvalue weighted by Crippen LogP contribution is -2.34. The molecule has 3 N–H and O–H groups in total. The maximum atomic E-state index is 12.4. The summed E-state index contributed by atoms with van der Waals surface area (Å²) in [6.45, 7) is 0.151. The summed E-state index contributed by atoms with van der Waals surface area (Å²) in [5, 5.41) is 6.14. The van der Waals surface area contributed by atoms with Crippen LogP contribution in [-0.2, 0) is 16.1 Å². The molecule has 0 unspecified atom stereocenters. The zero-order chi connectivity index (χ0) is 18.6. The third-order valence-corrected chi connectivity index (χ3v) is 4.22. The van der Waals surface area contributed by atoms with Gasteiger partial charge in [0.1, 0.15) is 5.76 Å². The lowest BCUT2D eigenvalue weighted by Gasteiger charge is -2.08. The van der Waals surface area contributed by atoms with Gasteiger partial charge in [0.2, 0.25) is 0 Å². The predicted molar refractivity (Wildman–Crippen MR) is 103 cm³/mol. The zero-order valence-electron chi connectivity index (χ0n) is 14.4. The third-order valence-electron chi connectivity index (χ3n) is 4.22. The highest BCUT2D eigenvalue weighted by molar-refractivity contribution is 6.40. The Bertz CT molecular complexity index is 1080. The van der Waals surface area contributed by atoms with Gasteiger partial charge >= 0.3 is 11.8 Å². The van der Waals surface area contributed by atoms with Crippen molar-refractivity contribution >= 4 is 28.4 Å². The highest BCUT2D eigenvalue weighted by Crippen LogP contribution is 2.34. The molecular weight excluding hydrogens is 342 g/mol. The van der Waals surface area contributed by atoms with E-state index in [1.54, 1.807) is 12.1 Å². The van der Waals surface area contributed by atoms with Crippen molar-refractivity contribution in [3.8, 4) is 11.3 Å². The number of hydrogen-bond donors (Lipinski definition) is 3. The average molecular weight is 359 g/mol. The SMILES string of the molecule is O=C(NCc1ccco1)C(=O)Nc1c(-c2ccccc2)[nH]c2ccccc12. The van der Waals surface area contributed by atoms with E-state index in [0.717, 1.165) is 22.2 Å². The molecule has 2 heterocycles. The molecule has 0 aliphatic rings. The third kappa shape index (κ3) is 3.46. The average Bonchev–Trinajstić information content (AvgIpc) is 3.35. The van der Waals surface area contributed by atoms with Crippen LogP contribution in [0.2, 0.25) is 0 Å². The first-order valence-corrected chi connectivity index (χ1v) is 8.50. The Balaban J connectivity index is 1.60. The second-order valence-electron chi connectivity index (χ2n) is 6.00. The van der Waals surface area contributed by atoms with Gasteiger partial charge < -0.3 is 20.0 Å². The number of nitrogens with one attached hydrogen (secondary N) is 3. The summed E-state index contributed by atoms with van der Waals surface area (Å²) in [5.74, 6) is -0.882. The van der Waals surface area contributed by atoms with Crippen LogP contribution < -0.4 is 10.6 Å². The molecule has 0 saturated heterocycles. The summed E-state index contributed by atoms with van der Waals surface area (Å²) in [4.78, 5) is 27.9. The topological polar surface area (TPSA) is 87.1 Å². The van der Waals surface area contributed by atoms with E-state index < -0.39 is 11.8 Å². The van der Waals surface area contributed by atoms with Crippen molar-refractivity contribution in [2.75, 3.05) is 5.32 Å². The number of amides is 2. The number of anilines is 1. The van der Waals surface area contributed by atoms with Gasteiger partial charge in [-0.1, -0.05) is 48.5 Å². The van der Waals surface area contributed by atoms with E-state index in [1.165, 1.54) is 6.26 Å². The Morgan fingerprint density at radius 3 is 2.44 bits per heavy atom. The molecule has 0 aliphatic carbocycles. The van der Waals surface area contributed by atoms with Gasteiger partial charge in [-0.15, -0.1) is 0 Å². The van der Waals surface area contributed by atoms with Crippen molar-refractivity contribution in [1.82, 2.24) is 10.3 Å². The van der Waals surface area contributed by atoms with Gasteiger partial charge in [0.15, 0.2) is 0 Å². The van der Waals surface area contributed by atoms with Gasteiger partial charge in [-0.2, -0.15) is 0 Å². The Morgan fingerprint density at radius 1 is 0.889 bits per heavy atom. The molecule has 0 aliphatic heterocycles. The highest BCUT2D eigenvalue weighted by Gasteiger charge is 2.19. The molecule has 0 saturated carbocycles. The number of fused-ring (bicyclic) bond motifs is 1. The van der Waals surface area contributed by atoms with Crippen LogP contribution in [0, 0.1) is 0 Å². The van der Waals surface area contributed by atoms with Gasteiger partial charge in [-0.3, -0.25) is 9.59 Å². The van der Waals surface area contributed by atoms with E-state index in [1.807, 2.05) is 54.6 Å². The Kier molecular flexibility index (Phi) is 4.45. The molecule has 0 bridgehead atoms. The van der Waals surface area contributed by atoms with E-state index in [9.17, 15) is 9.59 Å². The van der Waals surface area contributed by atoms with Crippen molar-refractivity contribution in [2.45, 2.75) is 6.54 Å². The standard InChI is InChI=1S/C21H17N3O3/c25-20(22-13-15-9-6-12-27-15)21(26)24-19-16-10-4-5-11-17(16)23-18(19)14-7-2-1-3-8-14/h1-12,23H,13H2,(H,22,25)(H,24,26). The molecule has 0 spiro atoms. The second kappa shape index (κ2) is 7.21. The maximum Gasteiger partial charge on any atom is 0.313 e. The summed E-state index contributed by atoms with van der Waals surface area (Å²) in [6, 6.07) is 20.7. The Morgan fingerprint density at radius 2 is 1.67 bits per heavy atom. The Labute approximate surface area is 155 Å². The molecule has 4 rings (SSSR count). The number of rotatable bonds is 4. The van der Waals surface area contributed by atoms with E-state index in [2.05, 4.69) is 15.6 Å². The summed E-state index contributed by atoms with van der Waals surface area (Å²) >= 11 is 0. The molecular formula is C21H17N3O3. The summed E-state index contributed by atoms with van der Waals surface area (Å²) in [6.07, 6.45) is 1.51. The fraction of sp³-hybridized carbons (Fsp3) is 0.0476. The molecule has 134 valence electrons. The van der Waals surface area contributed by atoms with Crippen LogP contribution in [-0.4, -0.2) is 16.8 Å². The van der Waals surface area contributed by atoms with Crippen LogP contribution in [0.5, 0.6) is 0 Å². The number of hydrogen-bond acceptors (Lipinski definition) is 3. The van der Waals surface area contributed by atoms with Crippen molar-refractivity contribution in [3.63, 3.8) is 0 Å². The molecule has 6 heteroatoms. The van der Waals surface area contributed by atoms with Crippen LogP contribution in [0.15, 0.2) is 77.4 Å².